The Balaban J connectivity index is 1.57. The third-order valence-corrected chi connectivity index (χ3v) is 7.45. The first-order valence-corrected chi connectivity index (χ1v) is 12.9. The Morgan fingerprint density at radius 2 is 1.80 bits per heavy atom. The lowest BCUT2D eigenvalue weighted by Gasteiger charge is -2.31. The lowest BCUT2D eigenvalue weighted by molar-refractivity contribution is -0.265. The molecular weight excluding hydrogens is 619 g/mol. The standard InChI is InChI=1S/C28H22F7N5O5/c1-25(24(36)42)12-45-22-17(25)9-19(38-21(22)13-3-5-16(29)6-4-13)26(43,27(30,31)32)11-37-23(41)14-7-15-10-40(28(33,34)35)39-20(15)18(8-14)44-2/h3-10,43H,11-12H2,1-2H3,(H2,36,42)(H,37,41)/t25-,26?/m0/s1. The van der Waals surface area contributed by atoms with Crippen molar-refractivity contribution in [2.45, 2.75) is 30.4 Å². The minimum atomic E-state index is -5.49. The number of nitrogens with one attached hydrogen (secondary N) is 1. The van der Waals surface area contributed by atoms with E-state index in [1.54, 1.807) is 0 Å². The second-order valence-corrected chi connectivity index (χ2v) is 10.4. The maximum Gasteiger partial charge on any atom is 0.504 e. The van der Waals surface area contributed by atoms with E-state index in [-0.39, 0.29) is 50.5 Å². The molecule has 2 aromatic carbocycles. The smallest absolute Gasteiger partial charge is 0.494 e. The summed E-state index contributed by atoms with van der Waals surface area (Å²) in [7, 11) is 1.09. The second-order valence-electron chi connectivity index (χ2n) is 10.4. The number of primary amides is 1. The molecule has 2 aromatic heterocycles. The number of hydrogen-bond donors (Lipinski definition) is 3. The van der Waals surface area contributed by atoms with Gasteiger partial charge in [0.1, 0.15) is 40.5 Å². The molecule has 0 saturated carbocycles. The Kier molecular flexibility index (Phi) is 7.42. The number of alkyl halides is 6. The number of aliphatic hydroxyl groups is 1. The molecule has 0 saturated heterocycles. The molecule has 2 amide bonds. The average molecular weight is 642 g/mol. The zero-order valence-electron chi connectivity index (χ0n) is 23.2. The number of ether oxygens (including phenoxy) is 2. The summed E-state index contributed by atoms with van der Waals surface area (Å²) in [6, 6.07) is 7.13. The van der Waals surface area contributed by atoms with Crippen molar-refractivity contribution in [3.05, 3.63) is 71.3 Å². The Bertz CT molecular complexity index is 1820. The third kappa shape index (κ3) is 5.36. The van der Waals surface area contributed by atoms with Crippen LogP contribution in [0.25, 0.3) is 22.2 Å². The van der Waals surface area contributed by atoms with Gasteiger partial charge in [0.15, 0.2) is 0 Å². The Labute approximate surface area is 248 Å². The van der Waals surface area contributed by atoms with Gasteiger partial charge >= 0.3 is 12.5 Å². The van der Waals surface area contributed by atoms with Crippen molar-refractivity contribution in [3.63, 3.8) is 0 Å². The van der Waals surface area contributed by atoms with E-state index in [1.165, 1.54) is 19.1 Å². The van der Waals surface area contributed by atoms with Gasteiger partial charge in [0.05, 0.1) is 19.3 Å². The van der Waals surface area contributed by atoms with E-state index in [0.717, 1.165) is 37.4 Å². The minimum Gasteiger partial charge on any atom is -0.494 e. The number of carbonyl (C=O) groups is 2. The molecule has 0 radical (unpaired) electrons. The van der Waals surface area contributed by atoms with Crippen LogP contribution in [0.1, 0.15) is 28.5 Å². The summed E-state index contributed by atoms with van der Waals surface area (Å²) in [5.41, 5.74) is -2.04. The zero-order valence-corrected chi connectivity index (χ0v) is 23.2. The summed E-state index contributed by atoms with van der Waals surface area (Å²) in [4.78, 5) is 29.4. The van der Waals surface area contributed by atoms with E-state index in [1.807, 2.05) is 5.32 Å². The van der Waals surface area contributed by atoms with E-state index in [9.17, 15) is 45.4 Å². The van der Waals surface area contributed by atoms with Crippen LogP contribution in [-0.2, 0) is 22.1 Å². The van der Waals surface area contributed by atoms with Crippen molar-refractivity contribution < 1.29 is 54.9 Å². The fraction of sp³-hybridized carbons (Fsp3) is 0.286. The number of amides is 2. The maximum absolute atomic E-state index is 14.6. The number of rotatable bonds is 7. The highest BCUT2D eigenvalue weighted by Crippen LogP contribution is 2.47. The number of methoxy groups -OCH3 is 1. The summed E-state index contributed by atoms with van der Waals surface area (Å²) < 4.78 is 107. The summed E-state index contributed by atoms with van der Waals surface area (Å²) in [5, 5.41) is 16.3. The summed E-state index contributed by atoms with van der Waals surface area (Å²) >= 11 is 0. The molecule has 1 aliphatic heterocycles. The molecule has 0 fully saturated rings. The lowest BCUT2D eigenvalue weighted by atomic mass is 9.81. The Morgan fingerprint density at radius 3 is 2.38 bits per heavy atom. The molecule has 238 valence electrons. The molecule has 4 N–H and O–H groups in total. The molecule has 0 bridgehead atoms. The van der Waals surface area contributed by atoms with Gasteiger partial charge in [0, 0.05) is 28.3 Å². The van der Waals surface area contributed by atoms with Crippen molar-refractivity contribution in [2.75, 3.05) is 20.3 Å². The maximum atomic E-state index is 14.6. The van der Waals surface area contributed by atoms with Gasteiger partial charge in [-0.2, -0.15) is 23.0 Å². The Hall–Kier alpha value is -4.93. The van der Waals surface area contributed by atoms with E-state index < -0.39 is 58.9 Å². The number of aromatic nitrogens is 3. The molecule has 2 atom stereocenters. The fourth-order valence-corrected chi connectivity index (χ4v) is 4.77. The molecule has 10 nitrogen and oxygen atoms in total. The largest absolute Gasteiger partial charge is 0.504 e. The molecule has 45 heavy (non-hydrogen) atoms. The van der Waals surface area contributed by atoms with Gasteiger partial charge in [-0.15, -0.1) is 13.2 Å². The molecular formula is C28H22F7N5O5. The first-order valence-electron chi connectivity index (χ1n) is 12.9. The van der Waals surface area contributed by atoms with Crippen LogP contribution in [-0.4, -0.2) is 58.1 Å². The normalized spacial score (nSPS) is 17.8. The summed E-state index contributed by atoms with van der Waals surface area (Å²) in [5.74, 6) is -3.22. The zero-order chi connectivity index (χ0) is 33.1. The summed E-state index contributed by atoms with van der Waals surface area (Å²) in [6.07, 6.45) is -9.83. The van der Waals surface area contributed by atoms with E-state index in [0.29, 0.717) is 6.20 Å². The number of halogens is 7. The molecule has 4 aromatic rings. The van der Waals surface area contributed by atoms with Crippen molar-refractivity contribution in [1.29, 1.82) is 0 Å². The highest BCUT2D eigenvalue weighted by atomic mass is 19.4. The number of benzene rings is 2. The van der Waals surface area contributed by atoms with Crippen molar-refractivity contribution in [3.8, 4) is 22.8 Å². The van der Waals surface area contributed by atoms with Gasteiger partial charge in [-0.1, -0.05) is 0 Å². The third-order valence-electron chi connectivity index (χ3n) is 7.45. The number of hydrogen-bond acceptors (Lipinski definition) is 7. The highest BCUT2D eigenvalue weighted by Gasteiger charge is 2.57. The van der Waals surface area contributed by atoms with Crippen molar-refractivity contribution in [1.82, 2.24) is 20.1 Å². The van der Waals surface area contributed by atoms with Crippen LogP contribution in [0.3, 0.4) is 0 Å². The number of nitrogens with two attached hydrogens (primary N) is 1. The first-order chi connectivity index (χ1) is 20.9. The predicted octanol–water partition coefficient (Wildman–Crippen LogP) is 4.04. The molecule has 0 aliphatic carbocycles. The van der Waals surface area contributed by atoms with Gasteiger partial charge < -0.3 is 25.6 Å². The van der Waals surface area contributed by atoms with Crippen LogP contribution >= 0.6 is 0 Å². The molecule has 17 heteroatoms. The van der Waals surface area contributed by atoms with Gasteiger partial charge in [-0.25, -0.2) is 9.37 Å². The van der Waals surface area contributed by atoms with E-state index in [4.69, 9.17) is 15.2 Å². The van der Waals surface area contributed by atoms with Crippen molar-refractivity contribution >= 4 is 22.7 Å². The number of pyridine rings is 1. The van der Waals surface area contributed by atoms with Crippen LogP contribution in [0, 0.1) is 5.82 Å². The van der Waals surface area contributed by atoms with Gasteiger partial charge in [-0.3, -0.25) is 9.59 Å². The minimum absolute atomic E-state index is 0.0802. The number of fused-ring (bicyclic) bond motifs is 2. The Morgan fingerprint density at radius 1 is 1.13 bits per heavy atom. The van der Waals surface area contributed by atoms with Crippen LogP contribution in [0.5, 0.6) is 11.5 Å². The van der Waals surface area contributed by atoms with E-state index in [2.05, 4.69) is 10.1 Å². The molecule has 1 unspecified atom stereocenters. The highest BCUT2D eigenvalue weighted by molar-refractivity contribution is 6.00. The lowest BCUT2D eigenvalue weighted by Crippen LogP contribution is -2.51. The van der Waals surface area contributed by atoms with E-state index >= 15 is 0 Å². The van der Waals surface area contributed by atoms with Crippen LogP contribution in [0.4, 0.5) is 30.7 Å². The van der Waals surface area contributed by atoms with Gasteiger partial charge in [0.2, 0.25) is 11.5 Å². The van der Waals surface area contributed by atoms with Crippen LogP contribution in [0.2, 0.25) is 0 Å². The number of carbonyl (C=O) groups excluding carboxylic acids is 2. The monoisotopic (exact) mass is 641 g/mol. The molecule has 5 rings (SSSR count). The van der Waals surface area contributed by atoms with Crippen LogP contribution < -0.4 is 20.5 Å². The van der Waals surface area contributed by atoms with Crippen LogP contribution in [0.15, 0.2) is 48.7 Å². The quantitative estimate of drug-likeness (QED) is 0.259. The molecule has 1 aliphatic rings. The molecule has 3 heterocycles. The van der Waals surface area contributed by atoms with Gasteiger partial charge in [-0.05, 0) is 49.4 Å². The first kappa shape index (κ1) is 31.5. The molecule has 0 spiro atoms. The average Bonchev–Trinajstić information content (AvgIpc) is 3.57. The van der Waals surface area contributed by atoms with Gasteiger partial charge in [0.25, 0.3) is 5.91 Å². The van der Waals surface area contributed by atoms with Crippen molar-refractivity contribution in [2.24, 2.45) is 5.73 Å². The summed E-state index contributed by atoms with van der Waals surface area (Å²) in [6.45, 7) is -0.577. The SMILES string of the molecule is COc1cc(C(=O)NCC(O)(c2cc3c(c(-c4ccc(F)cc4)n2)OC[C@]3(C)C(N)=O)C(F)(F)F)cc2cn(C(F)(F)F)nc12. The predicted molar refractivity (Wildman–Crippen MR) is 142 cm³/mol. The number of nitrogens with zero attached hydrogens (tertiary/aromatic N) is 3. The fourth-order valence-electron chi connectivity index (χ4n) is 4.77. The second kappa shape index (κ2) is 10.6. The topological polar surface area (TPSA) is 142 Å².